The van der Waals surface area contributed by atoms with Gasteiger partial charge in [-0.3, -0.25) is 9.78 Å². The van der Waals surface area contributed by atoms with Crippen LogP contribution in [0.4, 0.5) is 0 Å². The van der Waals surface area contributed by atoms with Gasteiger partial charge in [0.1, 0.15) is 0 Å². The fourth-order valence-electron chi connectivity index (χ4n) is 1.94. The number of carbonyl (C=O) groups excluding carboxylic acids is 1. The van der Waals surface area contributed by atoms with Gasteiger partial charge in [-0.15, -0.1) is 11.8 Å². The van der Waals surface area contributed by atoms with E-state index in [4.69, 9.17) is 0 Å². The third kappa shape index (κ3) is 3.84. The number of hydrogen-bond donors (Lipinski definition) is 1. The summed E-state index contributed by atoms with van der Waals surface area (Å²) in [5.74, 6) is 0.790. The van der Waals surface area contributed by atoms with Crippen molar-refractivity contribution >= 4 is 17.7 Å². The van der Waals surface area contributed by atoms with E-state index in [1.165, 1.54) is 16.0 Å². The monoisotopic (exact) mass is 286 g/mol. The Hall–Kier alpha value is -1.81. The minimum atomic E-state index is -0.0693. The molecule has 0 atom stereocenters. The number of benzene rings is 1. The van der Waals surface area contributed by atoms with Crippen LogP contribution in [0.15, 0.2) is 47.6 Å². The molecule has 0 fully saturated rings. The van der Waals surface area contributed by atoms with Crippen LogP contribution in [0.2, 0.25) is 0 Å². The Labute approximate surface area is 123 Å². The molecule has 1 aromatic heterocycles. The molecule has 1 amide bonds. The summed E-state index contributed by atoms with van der Waals surface area (Å²) in [5, 5.41) is 2.91. The highest BCUT2D eigenvalue weighted by atomic mass is 32.2. The molecule has 0 aliphatic heterocycles. The van der Waals surface area contributed by atoms with E-state index in [1.54, 1.807) is 36.3 Å². The van der Waals surface area contributed by atoms with Crippen molar-refractivity contribution in [2.24, 2.45) is 0 Å². The zero-order chi connectivity index (χ0) is 14.4. The standard InChI is InChI=1S/C16H18N2OS/c1-12-5-3-6-13(2)15(12)20-10-9-18-16(19)14-7-4-8-17-11-14/h3-8,11H,9-10H2,1-2H3,(H,18,19). The molecule has 3 nitrogen and oxygen atoms in total. The van der Waals surface area contributed by atoms with Gasteiger partial charge in [-0.05, 0) is 37.1 Å². The van der Waals surface area contributed by atoms with Gasteiger partial charge in [0.2, 0.25) is 0 Å². The van der Waals surface area contributed by atoms with Crippen LogP contribution in [0.1, 0.15) is 21.5 Å². The van der Waals surface area contributed by atoms with Crippen molar-refractivity contribution < 1.29 is 4.79 Å². The van der Waals surface area contributed by atoms with Crippen LogP contribution in [0.25, 0.3) is 0 Å². The van der Waals surface area contributed by atoms with Crippen LogP contribution in [0, 0.1) is 13.8 Å². The van der Waals surface area contributed by atoms with E-state index in [2.05, 4.69) is 42.3 Å². The van der Waals surface area contributed by atoms with E-state index >= 15 is 0 Å². The SMILES string of the molecule is Cc1cccc(C)c1SCCNC(=O)c1cccnc1. The van der Waals surface area contributed by atoms with Gasteiger partial charge in [0.25, 0.3) is 5.91 Å². The third-order valence-corrected chi connectivity index (χ3v) is 4.31. The van der Waals surface area contributed by atoms with E-state index < -0.39 is 0 Å². The molecule has 0 spiro atoms. The summed E-state index contributed by atoms with van der Waals surface area (Å²) in [5.41, 5.74) is 3.17. The molecule has 4 heteroatoms. The molecule has 104 valence electrons. The molecule has 0 bridgehead atoms. The highest BCUT2D eigenvalue weighted by molar-refractivity contribution is 7.99. The van der Waals surface area contributed by atoms with E-state index in [9.17, 15) is 4.79 Å². The second-order valence-electron chi connectivity index (χ2n) is 4.57. The minimum absolute atomic E-state index is 0.0693. The minimum Gasteiger partial charge on any atom is -0.351 e. The fraction of sp³-hybridized carbons (Fsp3) is 0.250. The Bertz CT molecular complexity index is 564. The van der Waals surface area contributed by atoms with Crippen molar-refractivity contribution in [3.63, 3.8) is 0 Å². The summed E-state index contributed by atoms with van der Waals surface area (Å²) >= 11 is 1.78. The Morgan fingerprint density at radius 2 is 1.95 bits per heavy atom. The number of aromatic nitrogens is 1. The quantitative estimate of drug-likeness (QED) is 0.678. The van der Waals surface area contributed by atoms with Crippen LogP contribution in [0.3, 0.4) is 0 Å². The number of amides is 1. The maximum Gasteiger partial charge on any atom is 0.252 e. The molecule has 1 heterocycles. The smallest absolute Gasteiger partial charge is 0.252 e. The van der Waals surface area contributed by atoms with Gasteiger partial charge in [-0.2, -0.15) is 0 Å². The first-order valence-corrected chi connectivity index (χ1v) is 7.54. The number of rotatable bonds is 5. The summed E-state index contributed by atoms with van der Waals surface area (Å²) in [6.07, 6.45) is 3.24. The molecule has 0 aliphatic carbocycles. The van der Waals surface area contributed by atoms with Crippen LogP contribution >= 0.6 is 11.8 Å². The zero-order valence-electron chi connectivity index (χ0n) is 11.7. The van der Waals surface area contributed by atoms with Crippen LogP contribution in [0.5, 0.6) is 0 Å². The van der Waals surface area contributed by atoms with E-state index in [1.807, 2.05) is 0 Å². The number of pyridine rings is 1. The van der Waals surface area contributed by atoms with Crippen molar-refractivity contribution in [2.75, 3.05) is 12.3 Å². The molecule has 0 saturated carbocycles. The highest BCUT2D eigenvalue weighted by Crippen LogP contribution is 2.25. The molecule has 20 heavy (non-hydrogen) atoms. The summed E-state index contributed by atoms with van der Waals surface area (Å²) in [4.78, 5) is 17.1. The lowest BCUT2D eigenvalue weighted by molar-refractivity contribution is 0.0956. The third-order valence-electron chi connectivity index (χ3n) is 2.97. The molecule has 2 aromatic rings. The van der Waals surface area contributed by atoms with Gasteiger partial charge in [0.05, 0.1) is 5.56 Å². The van der Waals surface area contributed by atoms with Crippen molar-refractivity contribution in [1.29, 1.82) is 0 Å². The normalized spacial score (nSPS) is 10.3. The summed E-state index contributed by atoms with van der Waals surface area (Å²) in [6, 6.07) is 9.83. The van der Waals surface area contributed by atoms with E-state index in [0.29, 0.717) is 12.1 Å². The second-order valence-corrected chi connectivity index (χ2v) is 5.67. The van der Waals surface area contributed by atoms with E-state index in [0.717, 1.165) is 5.75 Å². The second kappa shape index (κ2) is 7.10. The molecular weight excluding hydrogens is 268 g/mol. The summed E-state index contributed by atoms with van der Waals surface area (Å²) < 4.78 is 0. The first-order valence-electron chi connectivity index (χ1n) is 6.55. The number of hydrogen-bond acceptors (Lipinski definition) is 3. The predicted molar refractivity (Wildman–Crippen MR) is 83.2 cm³/mol. The van der Waals surface area contributed by atoms with Crippen molar-refractivity contribution in [2.45, 2.75) is 18.7 Å². The molecular formula is C16H18N2OS. The lowest BCUT2D eigenvalue weighted by Crippen LogP contribution is -2.25. The molecule has 1 aromatic carbocycles. The Morgan fingerprint density at radius 3 is 2.60 bits per heavy atom. The number of nitrogens with zero attached hydrogens (tertiary/aromatic N) is 1. The van der Waals surface area contributed by atoms with Gasteiger partial charge < -0.3 is 5.32 Å². The topological polar surface area (TPSA) is 42.0 Å². The predicted octanol–water partition coefficient (Wildman–Crippen LogP) is 3.22. The Kier molecular flexibility index (Phi) is 5.18. The molecule has 1 N–H and O–H groups in total. The van der Waals surface area contributed by atoms with Gasteiger partial charge in [-0.25, -0.2) is 0 Å². The van der Waals surface area contributed by atoms with Crippen molar-refractivity contribution in [3.8, 4) is 0 Å². The highest BCUT2D eigenvalue weighted by Gasteiger charge is 2.05. The van der Waals surface area contributed by atoms with Crippen LogP contribution < -0.4 is 5.32 Å². The maximum atomic E-state index is 11.8. The van der Waals surface area contributed by atoms with Crippen LogP contribution in [-0.4, -0.2) is 23.2 Å². The average molecular weight is 286 g/mol. The molecule has 0 saturated heterocycles. The van der Waals surface area contributed by atoms with Crippen molar-refractivity contribution in [3.05, 3.63) is 59.4 Å². The number of aryl methyl sites for hydroxylation is 2. The Balaban J connectivity index is 1.81. The zero-order valence-corrected chi connectivity index (χ0v) is 12.5. The number of carbonyl (C=O) groups is 1. The summed E-state index contributed by atoms with van der Waals surface area (Å²) in [7, 11) is 0. The molecule has 2 rings (SSSR count). The molecule has 0 unspecified atom stereocenters. The lowest BCUT2D eigenvalue weighted by atomic mass is 10.2. The first kappa shape index (κ1) is 14.6. The maximum absolute atomic E-state index is 11.8. The van der Waals surface area contributed by atoms with Crippen LogP contribution in [-0.2, 0) is 0 Å². The first-order chi connectivity index (χ1) is 9.68. The lowest BCUT2D eigenvalue weighted by Gasteiger charge is -2.09. The van der Waals surface area contributed by atoms with Gasteiger partial charge in [0.15, 0.2) is 0 Å². The molecule has 0 aliphatic rings. The Morgan fingerprint density at radius 1 is 1.20 bits per heavy atom. The average Bonchev–Trinajstić information content (AvgIpc) is 2.46. The van der Waals surface area contributed by atoms with Crippen molar-refractivity contribution in [1.82, 2.24) is 10.3 Å². The van der Waals surface area contributed by atoms with E-state index in [-0.39, 0.29) is 5.91 Å². The molecule has 0 radical (unpaired) electrons. The number of nitrogens with one attached hydrogen (secondary N) is 1. The van der Waals surface area contributed by atoms with Gasteiger partial charge in [-0.1, -0.05) is 18.2 Å². The fourth-order valence-corrected chi connectivity index (χ4v) is 2.94. The largest absolute Gasteiger partial charge is 0.351 e. The van der Waals surface area contributed by atoms with Gasteiger partial charge >= 0.3 is 0 Å². The van der Waals surface area contributed by atoms with Gasteiger partial charge in [0, 0.05) is 29.6 Å². The summed E-state index contributed by atoms with van der Waals surface area (Å²) in [6.45, 7) is 4.87. The number of thioether (sulfide) groups is 1.